The van der Waals surface area contributed by atoms with Gasteiger partial charge >= 0.3 is 6.18 Å². The molecule has 1 fully saturated rings. The quantitative estimate of drug-likeness (QED) is 0.559. The maximum Gasteiger partial charge on any atom is 0.411 e. The molecule has 0 aromatic carbocycles. The second-order valence-corrected chi connectivity index (χ2v) is 4.43. The fourth-order valence-corrected chi connectivity index (χ4v) is 2.13. The molecule has 0 spiro atoms. The van der Waals surface area contributed by atoms with Gasteiger partial charge in [-0.2, -0.15) is 13.2 Å². The molecule has 0 saturated carbocycles. The molecule has 0 bridgehead atoms. The van der Waals surface area contributed by atoms with Crippen LogP contribution in [-0.4, -0.2) is 38.5 Å². The summed E-state index contributed by atoms with van der Waals surface area (Å²) in [7, 11) is 0. The summed E-state index contributed by atoms with van der Waals surface area (Å²) in [5, 5.41) is 0. The average Bonchev–Trinajstić information content (AvgIpc) is 2.25. The van der Waals surface area contributed by atoms with Crippen LogP contribution in [0.4, 0.5) is 13.2 Å². The highest BCUT2D eigenvalue weighted by molar-refractivity contribution is 6.18. The fraction of sp³-hybridized carbons (Fsp3) is 1.00. The van der Waals surface area contributed by atoms with Crippen LogP contribution in [0.25, 0.3) is 0 Å². The smallest absolute Gasteiger partial charge is 0.381 e. The van der Waals surface area contributed by atoms with Crippen LogP contribution in [0.3, 0.4) is 0 Å². The topological polar surface area (TPSA) is 18.5 Å². The summed E-state index contributed by atoms with van der Waals surface area (Å²) < 4.78 is 45.3. The van der Waals surface area contributed by atoms with Crippen LogP contribution in [0.1, 0.15) is 19.3 Å². The van der Waals surface area contributed by atoms with Crippen LogP contribution >= 0.6 is 11.6 Å². The van der Waals surface area contributed by atoms with E-state index >= 15 is 0 Å². The molecular weight excluding hydrogens is 245 g/mol. The number of halogens is 4. The Balaban J connectivity index is 2.23. The normalized spacial score (nSPS) is 21.0. The monoisotopic (exact) mass is 260 g/mol. The lowest BCUT2D eigenvalue weighted by Crippen LogP contribution is -2.33. The molecule has 2 nitrogen and oxygen atoms in total. The average molecular weight is 261 g/mol. The van der Waals surface area contributed by atoms with Crippen molar-refractivity contribution >= 4 is 11.6 Å². The summed E-state index contributed by atoms with van der Waals surface area (Å²) in [5.74, 6) is 0.450. The Morgan fingerprint density at radius 2 is 1.88 bits per heavy atom. The zero-order valence-electron chi connectivity index (χ0n) is 8.99. The molecule has 1 saturated heterocycles. The van der Waals surface area contributed by atoms with E-state index in [1.807, 2.05) is 0 Å². The van der Waals surface area contributed by atoms with E-state index in [-0.39, 0.29) is 12.0 Å². The lowest BCUT2D eigenvalue weighted by atomic mass is 9.79. The summed E-state index contributed by atoms with van der Waals surface area (Å²) in [6, 6.07) is 0. The minimum absolute atomic E-state index is 0.103. The van der Waals surface area contributed by atoms with Gasteiger partial charge in [-0.3, -0.25) is 0 Å². The Morgan fingerprint density at radius 3 is 2.38 bits per heavy atom. The molecule has 1 aliphatic heterocycles. The third-order valence-corrected chi connectivity index (χ3v) is 3.45. The SMILES string of the molecule is FC(F)(F)COCCC1(CCl)CCOCC1. The molecule has 96 valence electrons. The predicted molar refractivity (Wildman–Crippen MR) is 54.7 cm³/mol. The van der Waals surface area contributed by atoms with Crippen molar-refractivity contribution in [3.8, 4) is 0 Å². The molecule has 16 heavy (non-hydrogen) atoms. The Kier molecular flexibility index (Phi) is 5.34. The Morgan fingerprint density at radius 1 is 1.25 bits per heavy atom. The van der Waals surface area contributed by atoms with Crippen molar-refractivity contribution in [2.75, 3.05) is 32.3 Å². The maximum atomic E-state index is 11.8. The lowest BCUT2D eigenvalue weighted by molar-refractivity contribution is -0.176. The summed E-state index contributed by atoms with van der Waals surface area (Å²) in [6.07, 6.45) is -2.09. The van der Waals surface area contributed by atoms with E-state index in [1.54, 1.807) is 0 Å². The second-order valence-electron chi connectivity index (χ2n) is 4.16. The minimum Gasteiger partial charge on any atom is -0.381 e. The number of hydrogen-bond donors (Lipinski definition) is 0. The standard InChI is InChI=1S/C10H16ClF3O2/c11-7-9(1-4-15-5-2-9)3-6-16-8-10(12,13)14/h1-8H2. The van der Waals surface area contributed by atoms with Gasteiger partial charge < -0.3 is 9.47 Å². The van der Waals surface area contributed by atoms with Gasteiger partial charge in [0.1, 0.15) is 6.61 Å². The van der Waals surface area contributed by atoms with E-state index in [4.69, 9.17) is 16.3 Å². The van der Waals surface area contributed by atoms with Crippen molar-refractivity contribution in [2.45, 2.75) is 25.4 Å². The third-order valence-electron chi connectivity index (χ3n) is 2.88. The van der Waals surface area contributed by atoms with Crippen LogP contribution in [0, 0.1) is 5.41 Å². The van der Waals surface area contributed by atoms with Gasteiger partial charge in [0.05, 0.1) is 0 Å². The van der Waals surface area contributed by atoms with Crippen molar-refractivity contribution < 1.29 is 22.6 Å². The van der Waals surface area contributed by atoms with Gasteiger partial charge in [-0.05, 0) is 24.7 Å². The van der Waals surface area contributed by atoms with Crippen molar-refractivity contribution in [1.29, 1.82) is 0 Å². The largest absolute Gasteiger partial charge is 0.411 e. The van der Waals surface area contributed by atoms with Crippen LogP contribution in [0.2, 0.25) is 0 Å². The molecule has 0 aliphatic carbocycles. The van der Waals surface area contributed by atoms with Gasteiger partial charge in [0.25, 0.3) is 0 Å². The van der Waals surface area contributed by atoms with Gasteiger partial charge in [0.15, 0.2) is 0 Å². The van der Waals surface area contributed by atoms with Crippen molar-refractivity contribution in [3.05, 3.63) is 0 Å². The van der Waals surface area contributed by atoms with Crippen LogP contribution in [0.5, 0.6) is 0 Å². The highest BCUT2D eigenvalue weighted by Crippen LogP contribution is 2.35. The third kappa shape index (κ3) is 4.89. The second kappa shape index (κ2) is 6.07. The molecule has 0 aromatic rings. The minimum atomic E-state index is -4.25. The molecular formula is C10H16ClF3O2. The molecule has 1 rings (SSSR count). The van der Waals surface area contributed by atoms with Gasteiger partial charge in [-0.15, -0.1) is 11.6 Å². The molecule has 1 heterocycles. The maximum absolute atomic E-state index is 11.8. The van der Waals surface area contributed by atoms with E-state index in [0.717, 1.165) is 12.8 Å². The number of alkyl halides is 4. The molecule has 0 unspecified atom stereocenters. The molecule has 6 heteroatoms. The van der Waals surface area contributed by atoms with E-state index < -0.39 is 12.8 Å². The van der Waals surface area contributed by atoms with E-state index in [0.29, 0.717) is 25.5 Å². The molecule has 1 aliphatic rings. The van der Waals surface area contributed by atoms with Crippen LogP contribution < -0.4 is 0 Å². The van der Waals surface area contributed by atoms with E-state index in [2.05, 4.69) is 4.74 Å². The number of rotatable bonds is 5. The summed E-state index contributed by atoms with van der Waals surface area (Å²) in [6.45, 7) is 0.187. The highest BCUT2D eigenvalue weighted by Gasteiger charge is 2.32. The van der Waals surface area contributed by atoms with E-state index in [1.165, 1.54) is 0 Å². The van der Waals surface area contributed by atoms with Gasteiger partial charge in [-0.25, -0.2) is 0 Å². The first-order valence-electron chi connectivity index (χ1n) is 5.26. The summed E-state index contributed by atoms with van der Waals surface area (Å²) >= 11 is 5.87. The van der Waals surface area contributed by atoms with Crippen LogP contribution in [0.15, 0.2) is 0 Å². The molecule has 0 aromatic heterocycles. The highest BCUT2D eigenvalue weighted by atomic mass is 35.5. The first-order valence-corrected chi connectivity index (χ1v) is 5.79. The van der Waals surface area contributed by atoms with Gasteiger partial charge in [0, 0.05) is 25.7 Å². The van der Waals surface area contributed by atoms with Gasteiger partial charge in [-0.1, -0.05) is 0 Å². The zero-order valence-corrected chi connectivity index (χ0v) is 9.74. The zero-order chi connectivity index (χ0) is 12.1. The van der Waals surface area contributed by atoms with Crippen molar-refractivity contribution in [3.63, 3.8) is 0 Å². The Bertz CT molecular complexity index is 203. The predicted octanol–water partition coefficient (Wildman–Crippen LogP) is 2.99. The van der Waals surface area contributed by atoms with Crippen LogP contribution in [-0.2, 0) is 9.47 Å². The summed E-state index contributed by atoms with van der Waals surface area (Å²) in [5.41, 5.74) is -0.106. The van der Waals surface area contributed by atoms with Crippen molar-refractivity contribution in [2.24, 2.45) is 5.41 Å². The fourth-order valence-electron chi connectivity index (χ4n) is 1.73. The van der Waals surface area contributed by atoms with Crippen molar-refractivity contribution in [1.82, 2.24) is 0 Å². The molecule has 0 radical (unpaired) electrons. The first-order chi connectivity index (χ1) is 7.47. The Hall–Kier alpha value is -0.0000000000000000208. The first kappa shape index (κ1) is 14.1. The molecule has 0 amide bonds. The number of ether oxygens (including phenoxy) is 2. The lowest BCUT2D eigenvalue weighted by Gasteiger charge is -2.35. The van der Waals surface area contributed by atoms with E-state index in [9.17, 15) is 13.2 Å². The summed E-state index contributed by atoms with van der Waals surface area (Å²) in [4.78, 5) is 0. The molecule has 0 N–H and O–H groups in total. The Labute approximate surface area is 98.0 Å². The van der Waals surface area contributed by atoms with Gasteiger partial charge in [0.2, 0.25) is 0 Å². The number of hydrogen-bond acceptors (Lipinski definition) is 2. The molecule has 0 atom stereocenters.